The number of nitrogens with one attached hydrogen (secondary N) is 2. The second kappa shape index (κ2) is 10.0. The van der Waals surface area contributed by atoms with Crippen molar-refractivity contribution in [1.82, 2.24) is 5.32 Å². The zero-order valence-corrected chi connectivity index (χ0v) is 14.3. The van der Waals surface area contributed by atoms with E-state index in [2.05, 4.69) is 31.4 Å². The summed E-state index contributed by atoms with van der Waals surface area (Å²) >= 11 is 0. The van der Waals surface area contributed by atoms with Gasteiger partial charge in [-0.2, -0.15) is 0 Å². The number of rotatable bonds is 9. The highest BCUT2D eigenvalue weighted by Crippen LogP contribution is 2.16. The molecular formula is C18H28N2O3. The monoisotopic (exact) mass is 320 g/mol. The highest BCUT2D eigenvalue weighted by atomic mass is 16.3. The molecule has 1 unspecified atom stereocenters. The number of benzene rings is 1. The first-order valence-corrected chi connectivity index (χ1v) is 8.21. The SMILES string of the molecule is CC(C)CC(C)CC(=O)Nc1ccc(C(=O)NCCCO)cc1. The van der Waals surface area contributed by atoms with Crippen LogP contribution in [-0.2, 0) is 4.79 Å². The Balaban J connectivity index is 2.47. The predicted octanol–water partition coefficient (Wildman–Crippen LogP) is 2.81. The molecule has 0 aliphatic carbocycles. The van der Waals surface area contributed by atoms with Crippen LogP contribution in [0.2, 0.25) is 0 Å². The normalized spacial score (nSPS) is 12.0. The van der Waals surface area contributed by atoms with Gasteiger partial charge in [0.25, 0.3) is 5.91 Å². The number of anilines is 1. The van der Waals surface area contributed by atoms with Crippen LogP contribution in [0, 0.1) is 11.8 Å². The summed E-state index contributed by atoms with van der Waals surface area (Å²) in [5.41, 5.74) is 1.23. The average Bonchev–Trinajstić information content (AvgIpc) is 2.47. The van der Waals surface area contributed by atoms with Crippen molar-refractivity contribution >= 4 is 17.5 Å². The maximum atomic E-state index is 12.0. The molecule has 1 aromatic rings. The molecule has 0 heterocycles. The van der Waals surface area contributed by atoms with Crippen molar-refractivity contribution in [2.75, 3.05) is 18.5 Å². The van der Waals surface area contributed by atoms with Gasteiger partial charge in [0.2, 0.25) is 5.91 Å². The minimum atomic E-state index is -0.179. The first kappa shape index (κ1) is 19.2. The van der Waals surface area contributed by atoms with Gasteiger partial charge in [-0.15, -0.1) is 0 Å². The van der Waals surface area contributed by atoms with Gasteiger partial charge in [0.1, 0.15) is 0 Å². The molecule has 0 saturated heterocycles. The van der Waals surface area contributed by atoms with Crippen LogP contribution >= 0.6 is 0 Å². The van der Waals surface area contributed by atoms with Gasteiger partial charge in [-0.3, -0.25) is 9.59 Å². The van der Waals surface area contributed by atoms with E-state index in [1.807, 2.05) is 0 Å². The van der Waals surface area contributed by atoms with E-state index in [1.165, 1.54) is 0 Å². The molecule has 2 amide bonds. The van der Waals surface area contributed by atoms with Gasteiger partial charge >= 0.3 is 0 Å². The van der Waals surface area contributed by atoms with Crippen LogP contribution < -0.4 is 10.6 Å². The average molecular weight is 320 g/mol. The molecule has 1 aromatic carbocycles. The Kier molecular flexibility index (Phi) is 8.33. The van der Waals surface area contributed by atoms with Crippen LogP contribution in [0.1, 0.15) is 50.4 Å². The largest absolute Gasteiger partial charge is 0.396 e. The first-order chi connectivity index (χ1) is 10.9. The predicted molar refractivity (Wildman–Crippen MR) is 92.3 cm³/mol. The lowest BCUT2D eigenvalue weighted by atomic mass is 9.96. The number of amides is 2. The Hall–Kier alpha value is -1.88. The summed E-state index contributed by atoms with van der Waals surface area (Å²) in [7, 11) is 0. The highest BCUT2D eigenvalue weighted by molar-refractivity contribution is 5.95. The molecule has 0 radical (unpaired) electrons. The van der Waals surface area contributed by atoms with Gasteiger partial charge in [-0.05, 0) is 48.9 Å². The van der Waals surface area contributed by atoms with Crippen LogP contribution in [-0.4, -0.2) is 30.1 Å². The molecule has 128 valence electrons. The van der Waals surface area contributed by atoms with Crippen LogP contribution in [0.4, 0.5) is 5.69 Å². The van der Waals surface area contributed by atoms with E-state index >= 15 is 0 Å². The smallest absolute Gasteiger partial charge is 0.251 e. The maximum absolute atomic E-state index is 12.0. The van der Waals surface area contributed by atoms with Crippen molar-refractivity contribution in [2.24, 2.45) is 11.8 Å². The number of carbonyl (C=O) groups excluding carboxylic acids is 2. The third kappa shape index (κ3) is 7.79. The summed E-state index contributed by atoms with van der Waals surface area (Å²) in [6.45, 7) is 6.89. The summed E-state index contributed by atoms with van der Waals surface area (Å²) in [5, 5.41) is 14.3. The van der Waals surface area contributed by atoms with Crippen LogP contribution in [0.25, 0.3) is 0 Å². The Morgan fingerprint density at radius 2 is 1.78 bits per heavy atom. The van der Waals surface area contributed by atoms with E-state index in [-0.39, 0.29) is 18.4 Å². The Labute approximate surface area is 138 Å². The van der Waals surface area contributed by atoms with E-state index in [9.17, 15) is 9.59 Å². The molecule has 0 aliphatic rings. The highest BCUT2D eigenvalue weighted by Gasteiger charge is 2.11. The lowest BCUT2D eigenvalue weighted by molar-refractivity contribution is -0.117. The molecule has 3 N–H and O–H groups in total. The lowest BCUT2D eigenvalue weighted by Gasteiger charge is -2.13. The topological polar surface area (TPSA) is 78.4 Å². The fourth-order valence-corrected chi connectivity index (χ4v) is 2.50. The Bertz CT molecular complexity index is 497. The number of aliphatic hydroxyl groups is 1. The van der Waals surface area contributed by atoms with Crippen molar-refractivity contribution in [3.63, 3.8) is 0 Å². The fraction of sp³-hybridized carbons (Fsp3) is 0.556. The minimum absolute atomic E-state index is 0.00158. The third-order valence-electron chi connectivity index (χ3n) is 3.46. The number of hydrogen-bond donors (Lipinski definition) is 3. The summed E-state index contributed by atoms with van der Waals surface area (Å²) in [5.74, 6) is 0.758. The maximum Gasteiger partial charge on any atom is 0.251 e. The Morgan fingerprint density at radius 1 is 1.13 bits per heavy atom. The molecule has 0 bridgehead atoms. The third-order valence-corrected chi connectivity index (χ3v) is 3.46. The zero-order valence-electron chi connectivity index (χ0n) is 14.3. The second-order valence-corrected chi connectivity index (χ2v) is 6.40. The van der Waals surface area contributed by atoms with Gasteiger partial charge in [-0.1, -0.05) is 20.8 Å². The molecule has 0 fully saturated rings. The van der Waals surface area contributed by atoms with Gasteiger partial charge in [-0.25, -0.2) is 0 Å². The van der Waals surface area contributed by atoms with Crippen molar-refractivity contribution in [1.29, 1.82) is 0 Å². The van der Waals surface area contributed by atoms with E-state index in [0.29, 0.717) is 42.5 Å². The first-order valence-electron chi connectivity index (χ1n) is 8.21. The molecule has 5 nitrogen and oxygen atoms in total. The van der Waals surface area contributed by atoms with Gasteiger partial charge in [0.05, 0.1) is 0 Å². The van der Waals surface area contributed by atoms with E-state index in [4.69, 9.17) is 5.11 Å². The molecule has 5 heteroatoms. The Morgan fingerprint density at radius 3 is 2.35 bits per heavy atom. The lowest BCUT2D eigenvalue weighted by Crippen LogP contribution is -2.25. The minimum Gasteiger partial charge on any atom is -0.396 e. The molecule has 0 aliphatic heterocycles. The van der Waals surface area contributed by atoms with Gasteiger partial charge in [0.15, 0.2) is 0 Å². The molecular weight excluding hydrogens is 292 g/mol. The number of aliphatic hydroxyl groups excluding tert-OH is 1. The van der Waals surface area contributed by atoms with Crippen molar-refractivity contribution in [3.8, 4) is 0 Å². The number of hydrogen-bond acceptors (Lipinski definition) is 3. The van der Waals surface area contributed by atoms with E-state index in [0.717, 1.165) is 6.42 Å². The summed E-state index contributed by atoms with van der Waals surface area (Å²) in [6, 6.07) is 6.82. The van der Waals surface area contributed by atoms with Crippen molar-refractivity contribution in [2.45, 2.75) is 40.0 Å². The molecule has 23 heavy (non-hydrogen) atoms. The summed E-state index contributed by atoms with van der Waals surface area (Å²) in [4.78, 5) is 23.8. The molecule has 1 atom stereocenters. The van der Waals surface area contributed by atoms with E-state index < -0.39 is 0 Å². The second-order valence-electron chi connectivity index (χ2n) is 6.40. The van der Waals surface area contributed by atoms with Crippen LogP contribution in [0.15, 0.2) is 24.3 Å². The number of carbonyl (C=O) groups is 2. The molecule has 1 rings (SSSR count). The molecule has 0 aromatic heterocycles. The van der Waals surface area contributed by atoms with E-state index in [1.54, 1.807) is 24.3 Å². The quantitative estimate of drug-likeness (QED) is 0.612. The fourth-order valence-electron chi connectivity index (χ4n) is 2.50. The molecule has 0 spiro atoms. The standard InChI is InChI=1S/C18H28N2O3/c1-13(2)11-14(3)12-17(22)20-16-7-5-15(6-8-16)18(23)19-9-4-10-21/h5-8,13-14,21H,4,9-12H2,1-3H3,(H,19,23)(H,20,22). The van der Waals surface area contributed by atoms with Gasteiger partial charge in [0, 0.05) is 30.8 Å². The van der Waals surface area contributed by atoms with Crippen molar-refractivity contribution in [3.05, 3.63) is 29.8 Å². The van der Waals surface area contributed by atoms with Crippen molar-refractivity contribution < 1.29 is 14.7 Å². The summed E-state index contributed by atoms with van der Waals surface area (Å²) < 4.78 is 0. The molecule has 0 saturated carbocycles. The zero-order chi connectivity index (χ0) is 17.2. The van der Waals surface area contributed by atoms with Crippen LogP contribution in [0.3, 0.4) is 0 Å². The van der Waals surface area contributed by atoms with Gasteiger partial charge < -0.3 is 15.7 Å². The van der Waals surface area contributed by atoms with Crippen LogP contribution in [0.5, 0.6) is 0 Å². The summed E-state index contributed by atoms with van der Waals surface area (Å²) in [6.07, 6.45) is 2.07.